The molecule has 0 aliphatic carbocycles. The first-order valence-electron chi connectivity index (χ1n) is 14.2. The summed E-state index contributed by atoms with van der Waals surface area (Å²) in [4.78, 5) is 23.1. The van der Waals surface area contributed by atoms with Crippen molar-refractivity contribution in [3.8, 4) is 0 Å². The molecule has 10 heteroatoms. The molecule has 2 unspecified atom stereocenters. The van der Waals surface area contributed by atoms with Crippen molar-refractivity contribution in [3.05, 3.63) is 53.1 Å². The average Bonchev–Trinajstić information content (AvgIpc) is 3.35. The van der Waals surface area contributed by atoms with Crippen LogP contribution in [0.5, 0.6) is 0 Å². The van der Waals surface area contributed by atoms with Gasteiger partial charge in [0.1, 0.15) is 0 Å². The molecule has 0 saturated carbocycles. The van der Waals surface area contributed by atoms with E-state index in [9.17, 15) is 13.2 Å². The van der Waals surface area contributed by atoms with Gasteiger partial charge < -0.3 is 4.74 Å². The summed E-state index contributed by atoms with van der Waals surface area (Å²) in [6, 6.07) is 10.7. The Bertz CT molecular complexity index is 1440. The lowest BCUT2D eigenvalue weighted by Crippen LogP contribution is -2.42. The summed E-state index contributed by atoms with van der Waals surface area (Å²) in [5.74, 6) is 0.484. The monoisotopic (exact) mass is 584 g/mol. The van der Waals surface area contributed by atoms with Crippen LogP contribution in [0.3, 0.4) is 0 Å². The predicted octanol–water partition coefficient (Wildman–Crippen LogP) is 4.95. The van der Waals surface area contributed by atoms with Crippen LogP contribution in [0.15, 0.2) is 41.3 Å². The number of morpholine rings is 1. The van der Waals surface area contributed by atoms with Crippen LogP contribution in [0.2, 0.25) is 0 Å². The van der Waals surface area contributed by atoms with Gasteiger partial charge in [-0.25, -0.2) is 13.4 Å². The quantitative estimate of drug-likeness (QED) is 0.373. The number of carbonyl (C=O) groups is 1. The van der Waals surface area contributed by atoms with E-state index >= 15 is 0 Å². The van der Waals surface area contributed by atoms with Crippen molar-refractivity contribution in [1.82, 2.24) is 14.2 Å². The SMILES string of the molecule is Cc1cc(C)c2nc(N(CCCN3CCOCC3)C(=O)c3ccc(S(=O)(=O)N4CC(C)CC(C)C4)cc3)sc2c1. The molecule has 2 saturated heterocycles. The first-order valence-corrected chi connectivity index (χ1v) is 16.5. The number of rotatable bonds is 8. The van der Waals surface area contributed by atoms with Gasteiger partial charge in [-0.15, -0.1) is 0 Å². The van der Waals surface area contributed by atoms with Gasteiger partial charge in [-0.05, 0) is 80.0 Å². The number of hydrogen-bond donors (Lipinski definition) is 0. The van der Waals surface area contributed by atoms with Crippen molar-refractivity contribution in [2.24, 2.45) is 11.8 Å². The Balaban J connectivity index is 1.39. The third kappa shape index (κ3) is 6.41. The lowest BCUT2D eigenvalue weighted by Gasteiger charge is -2.34. The second kappa shape index (κ2) is 12.2. The summed E-state index contributed by atoms with van der Waals surface area (Å²) in [5, 5.41) is 0.670. The Labute approximate surface area is 242 Å². The first kappa shape index (κ1) is 29.1. The smallest absolute Gasteiger partial charge is 0.260 e. The van der Waals surface area contributed by atoms with Gasteiger partial charge in [-0.2, -0.15) is 4.31 Å². The molecule has 2 aromatic carbocycles. The van der Waals surface area contributed by atoms with E-state index in [1.807, 2.05) is 6.92 Å². The maximum absolute atomic E-state index is 13.9. The number of benzene rings is 2. The van der Waals surface area contributed by atoms with E-state index in [-0.39, 0.29) is 10.8 Å². The molecular weight excluding hydrogens is 544 g/mol. The summed E-state index contributed by atoms with van der Waals surface area (Å²) >= 11 is 1.53. The molecule has 2 aliphatic rings. The highest BCUT2D eigenvalue weighted by molar-refractivity contribution is 7.89. The zero-order chi connectivity index (χ0) is 28.4. The molecule has 3 aromatic rings. The topological polar surface area (TPSA) is 83.0 Å². The van der Waals surface area contributed by atoms with Crippen LogP contribution in [0.1, 0.15) is 48.2 Å². The Morgan fingerprint density at radius 2 is 1.75 bits per heavy atom. The van der Waals surface area contributed by atoms with E-state index in [0.717, 1.165) is 61.5 Å². The molecule has 2 fully saturated rings. The number of thiazole rings is 1. The standard InChI is InChI=1S/C30H40N4O4S2/c1-21-17-24(4)28-27(18-21)39-30(31-28)34(11-5-10-32-12-14-38-15-13-32)29(35)25-6-8-26(9-7-25)40(36,37)33-19-22(2)16-23(3)20-33/h6-9,17-18,22-23H,5,10-16,19-20H2,1-4H3. The average molecular weight is 585 g/mol. The van der Waals surface area contributed by atoms with Gasteiger partial charge in [0, 0.05) is 44.8 Å². The number of fused-ring (bicyclic) bond motifs is 1. The molecule has 40 heavy (non-hydrogen) atoms. The van der Waals surface area contributed by atoms with Crippen LogP contribution in [-0.2, 0) is 14.8 Å². The highest BCUT2D eigenvalue weighted by Crippen LogP contribution is 2.33. The molecule has 1 amide bonds. The zero-order valence-electron chi connectivity index (χ0n) is 23.9. The van der Waals surface area contributed by atoms with Gasteiger partial charge in [0.2, 0.25) is 10.0 Å². The number of sulfonamides is 1. The van der Waals surface area contributed by atoms with E-state index in [1.54, 1.807) is 33.5 Å². The molecule has 1 aromatic heterocycles. The number of piperidine rings is 1. The number of anilines is 1. The Morgan fingerprint density at radius 1 is 1.07 bits per heavy atom. The first-order chi connectivity index (χ1) is 19.1. The third-order valence-corrected chi connectivity index (χ3v) is 10.7. The van der Waals surface area contributed by atoms with E-state index in [4.69, 9.17) is 9.72 Å². The second-order valence-corrected chi connectivity index (χ2v) is 14.4. The van der Waals surface area contributed by atoms with Crippen molar-refractivity contribution in [1.29, 1.82) is 0 Å². The molecule has 2 aliphatic heterocycles. The number of aryl methyl sites for hydroxylation is 2. The fraction of sp³-hybridized carbons (Fsp3) is 0.533. The van der Waals surface area contributed by atoms with Gasteiger partial charge >= 0.3 is 0 Å². The van der Waals surface area contributed by atoms with Crippen molar-refractivity contribution >= 4 is 42.6 Å². The highest BCUT2D eigenvalue weighted by atomic mass is 32.2. The summed E-state index contributed by atoms with van der Waals surface area (Å²) in [6.07, 6.45) is 1.84. The molecule has 3 heterocycles. The maximum atomic E-state index is 13.9. The summed E-state index contributed by atoms with van der Waals surface area (Å²) in [6.45, 7) is 14.0. The molecule has 216 valence electrons. The van der Waals surface area contributed by atoms with Gasteiger partial charge in [-0.3, -0.25) is 14.6 Å². The number of nitrogens with zero attached hydrogens (tertiary/aromatic N) is 4. The van der Waals surface area contributed by atoms with Crippen molar-refractivity contribution in [2.45, 2.75) is 45.4 Å². The van der Waals surface area contributed by atoms with Gasteiger partial charge in [0.05, 0.1) is 28.3 Å². The molecular formula is C30H40N4O4S2. The minimum Gasteiger partial charge on any atom is -0.379 e. The molecule has 2 atom stereocenters. The summed E-state index contributed by atoms with van der Waals surface area (Å²) in [7, 11) is -3.61. The number of carbonyl (C=O) groups excluding carboxylic acids is 1. The van der Waals surface area contributed by atoms with E-state index in [2.05, 4.69) is 37.8 Å². The number of hydrogen-bond acceptors (Lipinski definition) is 7. The zero-order valence-corrected chi connectivity index (χ0v) is 25.6. The van der Waals surface area contributed by atoms with E-state index < -0.39 is 10.0 Å². The summed E-state index contributed by atoms with van der Waals surface area (Å²) < 4.78 is 34.9. The van der Waals surface area contributed by atoms with Gasteiger partial charge in [0.25, 0.3) is 5.91 Å². The lowest BCUT2D eigenvalue weighted by molar-refractivity contribution is 0.0376. The van der Waals surface area contributed by atoms with Crippen LogP contribution < -0.4 is 4.90 Å². The minimum absolute atomic E-state index is 0.167. The van der Waals surface area contributed by atoms with Crippen LogP contribution in [-0.4, -0.2) is 81.0 Å². The molecule has 0 radical (unpaired) electrons. The highest BCUT2D eigenvalue weighted by Gasteiger charge is 2.32. The summed E-state index contributed by atoms with van der Waals surface area (Å²) in [5.41, 5.74) is 3.63. The molecule has 0 bridgehead atoms. The van der Waals surface area contributed by atoms with Crippen molar-refractivity contribution in [2.75, 3.05) is 57.4 Å². The second-order valence-electron chi connectivity index (χ2n) is 11.5. The molecule has 0 N–H and O–H groups in total. The molecule has 8 nitrogen and oxygen atoms in total. The van der Waals surface area contributed by atoms with Crippen LogP contribution in [0, 0.1) is 25.7 Å². The van der Waals surface area contributed by atoms with Crippen LogP contribution in [0.25, 0.3) is 10.2 Å². The van der Waals surface area contributed by atoms with Crippen LogP contribution >= 0.6 is 11.3 Å². The Kier molecular flexibility index (Phi) is 8.92. The van der Waals surface area contributed by atoms with Crippen LogP contribution in [0.4, 0.5) is 5.13 Å². The largest absolute Gasteiger partial charge is 0.379 e. The molecule has 0 spiro atoms. The Morgan fingerprint density at radius 3 is 2.42 bits per heavy atom. The number of aromatic nitrogens is 1. The maximum Gasteiger partial charge on any atom is 0.260 e. The number of ether oxygens (including phenoxy) is 1. The van der Waals surface area contributed by atoms with Crippen molar-refractivity contribution < 1.29 is 17.9 Å². The predicted molar refractivity (Wildman–Crippen MR) is 161 cm³/mol. The normalized spacial score (nSPS) is 21.1. The van der Waals surface area contributed by atoms with E-state index in [1.165, 1.54) is 16.9 Å². The lowest BCUT2D eigenvalue weighted by atomic mass is 9.94. The third-order valence-electron chi connectivity index (χ3n) is 7.83. The fourth-order valence-electron chi connectivity index (χ4n) is 5.91. The van der Waals surface area contributed by atoms with Gasteiger partial charge in [0.15, 0.2) is 5.13 Å². The van der Waals surface area contributed by atoms with Crippen molar-refractivity contribution in [3.63, 3.8) is 0 Å². The molecule has 5 rings (SSSR count). The fourth-order valence-corrected chi connectivity index (χ4v) is 8.76. The van der Waals surface area contributed by atoms with Gasteiger partial charge in [-0.1, -0.05) is 31.3 Å². The Hall–Kier alpha value is -2.37. The minimum atomic E-state index is -3.61. The number of amides is 1. The van der Waals surface area contributed by atoms with E-state index in [0.29, 0.717) is 42.2 Å².